The highest BCUT2D eigenvalue weighted by Gasteiger charge is 2.02. The Balaban J connectivity index is 0.000000461. The van der Waals surface area contributed by atoms with Crippen molar-refractivity contribution in [3.05, 3.63) is 29.2 Å². The van der Waals surface area contributed by atoms with E-state index in [2.05, 4.69) is 22.5 Å². The minimum Gasteiger partial charge on any atom is -0.347 e. The quantitative estimate of drug-likeness (QED) is 0.608. The van der Waals surface area contributed by atoms with Crippen molar-refractivity contribution in [1.29, 1.82) is 0 Å². The summed E-state index contributed by atoms with van der Waals surface area (Å²) in [7, 11) is 2.02. The third kappa shape index (κ3) is 1.90. The van der Waals surface area contributed by atoms with Crippen LogP contribution in [0.1, 0.15) is 19.5 Å². The van der Waals surface area contributed by atoms with Crippen molar-refractivity contribution in [3.63, 3.8) is 0 Å². The van der Waals surface area contributed by atoms with E-state index < -0.39 is 0 Å². The molecule has 0 bridgehead atoms. The first-order valence-corrected chi connectivity index (χ1v) is 5.14. The van der Waals surface area contributed by atoms with Crippen LogP contribution < -0.4 is 0 Å². The summed E-state index contributed by atoms with van der Waals surface area (Å²) in [6, 6.07) is 3.98. The number of hydrogen-bond donors (Lipinski definition) is 0. The van der Waals surface area contributed by atoms with Gasteiger partial charge in [-0.3, -0.25) is 0 Å². The van der Waals surface area contributed by atoms with Gasteiger partial charge in [-0.15, -0.1) is 0 Å². The zero-order valence-corrected chi connectivity index (χ0v) is 9.76. The molecule has 2 nitrogen and oxygen atoms in total. The predicted octanol–water partition coefficient (Wildman–Crippen LogP) is 3.56. The molecule has 2 aromatic heterocycles. The smallest absolute Gasteiger partial charge is 0.129 e. The van der Waals surface area contributed by atoms with Crippen molar-refractivity contribution in [3.8, 4) is 0 Å². The molecule has 0 atom stereocenters. The van der Waals surface area contributed by atoms with E-state index in [9.17, 15) is 0 Å². The number of rotatable bonds is 0. The van der Waals surface area contributed by atoms with Crippen LogP contribution in [0.5, 0.6) is 0 Å². The van der Waals surface area contributed by atoms with Gasteiger partial charge < -0.3 is 4.57 Å². The number of fused-ring (bicyclic) bond motifs is 1. The molecule has 0 saturated carbocycles. The van der Waals surface area contributed by atoms with Crippen LogP contribution in [0.2, 0.25) is 5.15 Å². The summed E-state index contributed by atoms with van der Waals surface area (Å²) in [5.74, 6) is 0. The van der Waals surface area contributed by atoms with Crippen molar-refractivity contribution in [2.45, 2.75) is 20.8 Å². The van der Waals surface area contributed by atoms with Gasteiger partial charge in [0.2, 0.25) is 0 Å². The van der Waals surface area contributed by atoms with E-state index in [4.69, 9.17) is 11.6 Å². The SMILES string of the molecule is CC.Cc1cc2cc(Cl)ncc2n1C. The molecule has 0 fully saturated rings. The second kappa shape index (κ2) is 4.47. The number of aryl methyl sites for hydroxylation is 2. The van der Waals surface area contributed by atoms with E-state index in [1.54, 1.807) is 6.20 Å². The molecule has 14 heavy (non-hydrogen) atoms. The van der Waals surface area contributed by atoms with E-state index >= 15 is 0 Å². The van der Waals surface area contributed by atoms with Crippen LogP contribution in [-0.4, -0.2) is 9.55 Å². The normalized spacial score (nSPS) is 9.79. The number of pyridine rings is 1. The largest absolute Gasteiger partial charge is 0.347 e. The fourth-order valence-corrected chi connectivity index (χ4v) is 1.51. The Labute approximate surface area is 89.5 Å². The van der Waals surface area contributed by atoms with E-state index in [1.807, 2.05) is 27.0 Å². The monoisotopic (exact) mass is 210 g/mol. The first-order chi connectivity index (χ1) is 6.68. The summed E-state index contributed by atoms with van der Waals surface area (Å²) in [5.41, 5.74) is 2.34. The maximum absolute atomic E-state index is 5.76. The molecule has 3 heteroatoms. The molecule has 0 radical (unpaired) electrons. The lowest BCUT2D eigenvalue weighted by molar-refractivity contribution is 0.915. The summed E-state index contributed by atoms with van der Waals surface area (Å²) >= 11 is 5.76. The molecule has 0 saturated heterocycles. The maximum Gasteiger partial charge on any atom is 0.129 e. The summed E-state index contributed by atoms with van der Waals surface area (Å²) < 4.78 is 2.10. The molecule has 0 aliphatic rings. The van der Waals surface area contributed by atoms with Gasteiger partial charge in [0.25, 0.3) is 0 Å². The second-order valence-corrected chi connectivity index (χ2v) is 3.30. The molecule has 0 aliphatic carbocycles. The van der Waals surface area contributed by atoms with Gasteiger partial charge in [0.05, 0.1) is 11.7 Å². The minimum atomic E-state index is 0.549. The van der Waals surface area contributed by atoms with Gasteiger partial charge in [-0.25, -0.2) is 4.98 Å². The molecule has 0 amide bonds. The van der Waals surface area contributed by atoms with E-state index in [1.165, 1.54) is 5.69 Å². The van der Waals surface area contributed by atoms with E-state index in [-0.39, 0.29) is 0 Å². The van der Waals surface area contributed by atoms with Crippen LogP contribution in [0.3, 0.4) is 0 Å². The lowest BCUT2D eigenvalue weighted by Gasteiger charge is -1.96. The van der Waals surface area contributed by atoms with Crippen molar-refractivity contribution in [2.24, 2.45) is 7.05 Å². The highest BCUT2D eigenvalue weighted by molar-refractivity contribution is 6.30. The Morgan fingerprint density at radius 1 is 1.29 bits per heavy atom. The average molecular weight is 211 g/mol. The number of aromatic nitrogens is 2. The number of halogens is 1. The molecule has 0 N–H and O–H groups in total. The Morgan fingerprint density at radius 2 is 1.93 bits per heavy atom. The van der Waals surface area contributed by atoms with Crippen LogP contribution in [0.25, 0.3) is 10.9 Å². The summed E-state index contributed by atoms with van der Waals surface area (Å²) in [6.45, 7) is 6.06. The van der Waals surface area contributed by atoms with Crippen molar-refractivity contribution in [1.82, 2.24) is 9.55 Å². The van der Waals surface area contributed by atoms with Gasteiger partial charge in [0, 0.05) is 18.1 Å². The molecule has 2 heterocycles. The Kier molecular flexibility index (Phi) is 3.53. The van der Waals surface area contributed by atoms with Crippen molar-refractivity contribution >= 4 is 22.5 Å². The Bertz CT molecular complexity index is 432. The van der Waals surface area contributed by atoms with Gasteiger partial charge >= 0.3 is 0 Å². The van der Waals surface area contributed by atoms with Gasteiger partial charge in [0.15, 0.2) is 0 Å². The third-order valence-electron chi connectivity index (χ3n) is 2.14. The average Bonchev–Trinajstić information content (AvgIpc) is 2.45. The second-order valence-electron chi connectivity index (χ2n) is 2.91. The van der Waals surface area contributed by atoms with Crippen LogP contribution in [-0.2, 0) is 7.05 Å². The number of nitrogens with zero attached hydrogens (tertiary/aromatic N) is 2. The molecule has 0 unspecified atom stereocenters. The van der Waals surface area contributed by atoms with Gasteiger partial charge in [-0.05, 0) is 19.1 Å². The molecule has 2 rings (SSSR count). The third-order valence-corrected chi connectivity index (χ3v) is 2.34. The predicted molar refractivity (Wildman–Crippen MR) is 61.8 cm³/mol. The maximum atomic E-state index is 5.76. The lowest BCUT2D eigenvalue weighted by atomic mass is 10.3. The first kappa shape index (κ1) is 11.1. The molecule has 2 aromatic rings. The van der Waals surface area contributed by atoms with Crippen LogP contribution >= 0.6 is 11.6 Å². The minimum absolute atomic E-state index is 0.549. The van der Waals surface area contributed by atoms with Gasteiger partial charge in [-0.1, -0.05) is 25.4 Å². The standard InChI is InChI=1S/C9H9ClN2.C2H6/c1-6-3-7-4-9(10)11-5-8(7)12(6)2;1-2/h3-5H,1-2H3;1-2H3. The first-order valence-electron chi connectivity index (χ1n) is 4.76. The van der Waals surface area contributed by atoms with Crippen LogP contribution in [0.15, 0.2) is 18.3 Å². The number of hydrogen-bond acceptors (Lipinski definition) is 1. The molecule has 0 aromatic carbocycles. The zero-order valence-electron chi connectivity index (χ0n) is 9.00. The van der Waals surface area contributed by atoms with Crippen LogP contribution in [0, 0.1) is 6.92 Å². The van der Waals surface area contributed by atoms with Gasteiger partial charge in [0.1, 0.15) is 5.15 Å². The van der Waals surface area contributed by atoms with E-state index in [0.29, 0.717) is 5.15 Å². The fourth-order valence-electron chi connectivity index (χ4n) is 1.34. The topological polar surface area (TPSA) is 17.8 Å². The zero-order chi connectivity index (χ0) is 10.7. The van der Waals surface area contributed by atoms with Crippen LogP contribution in [0.4, 0.5) is 0 Å². The molecular formula is C11H15ClN2. The van der Waals surface area contributed by atoms with Gasteiger partial charge in [-0.2, -0.15) is 0 Å². The molecular weight excluding hydrogens is 196 g/mol. The molecule has 0 aliphatic heterocycles. The lowest BCUT2D eigenvalue weighted by Crippen LogP contribution is -1.89. The summed E-state index contributed by atoms with van der Waals surface area (Å²) in [6.07, 6.45) is 1.80. The Morgan fingerprint density at radius 3 is 2.57 bits per heavy atom. The highest BCUT2D eigenvalue weighted by Crippen LogP contribution is 2.19. The summed E-state index contributed by atoms with van der Waals surface area (Å²) in [4.78, 5) is 4.03. The molecule has 0 spiro atoms. The molecule has 76 valence electrons. The summed E-state index contributed by atoms with van der Waals surface area (Å²) in [5, 5.41) is 1.70. The van der Waals surface area contributed by atoms with Crippen molar-refractivity contribution in [2.75, 3.05) is 0 Å². The van der Waals surface area contributed by atoms with Crippen molar-refractivity contribution < 1.29 is 0 Å². The van der Waals surface area contributed by atoms with E-state index in [0.717, 1.165) is 10.9 Å². The highest BCUT2D eigenvalue weighted by atomic mass is 35.5. The Hall–Kier alpha value is -1.02. The fraction of sp³-hybridized carbons (Fsp3) is 0.364.